The number of carbonyl (C=O) groups excluding carboxylic acids is 4. The molecule has 0 aromatic carbocycles. The normalized spacial score (nSPS) is 12.5. The molecule has 0 radical (unpaired) electrons. The van der Waals surface area contributed by atoms with Crippen molar-refractivity contribution in [3.8, 4) is 0 Å². The van der Waals surface area contributed by atoms with E-state index < -0.39 is 29.2 Å². The first kappa shape index (κ1) is 35.9. The molecule has 222 valence electrons. The summed E-state index contributed by atoms with van der Waals surface area (Å²) in [6, 6.07) is -0.856. The third-order valence-corrected chi connectivity index (χ3v) is 5.85. The Kier molecular flexibility index (Phi) is 18.8. The van der Waals surface area contributed by atoms with Crippen LogP contribution in [0.1, 0.15) is 144 Å². The van der Waals surface area contributed by atoms with Crippen LogP contribution < -0.4 is 5.32 Å². The molecular formula is C30H55NO7. The average Bonchev–Trinajstić information content (AvgIpc) is 2.79. The van der Waals surface area contributed by atoms with Crippen LogP contribution >= 0.6 is 0 Å². The summed E-state index contributed by atoms with van der Waals surface area (Å²) in [6.07, 6.45) is 14.3. The number of hydrogen-bond donors (Lipinski definition) is 1. The van der Waals surface area contributed by atoms with Crippen LogP contribution in [-0.4, -0.2) is 48.2 Å². The van der Waals surface area contributed by atoms with E-state index in [0.717, 1.165) is 38.5 Å². The second kappa shape index (κ2) is 19.9. The molecule has 0 aliphatic rings. The number of amides is 1. The van der Waals surface area contributed by atoms with E-state index in [-0.39, 0.29) is 24.7 Å². The van der Waals surface area contributed by atoms with Gasteiger partial charge in [-0.2, -0.15) is 0 Å². The third-order valence-electron chi connectivity index (χ3n) is 5.85. The Bertz CT molecular complexity index is 692. The molecular weight excluding hydrogens is 486 g/mol. The quantitative estimate of drug-likeness (QED) is 0.105. The first-order chi connectivity index (χ1) is 17.7. The highest BCUT2D eigenvalue weighted by molar-refractivity contribution is 5.85. The van der Waals surface area contributed by atoms with Crippen molar-refractivity contribution in [2.24, 2.45) is 0 Å². The zero-order valence-electron chi connectivity index (χ0n) is 25.2. The van der Waals surface area contributed by atoms with Gasteiger partial charge in [0, 0.05) is 19.3 Å². The summed E-state index contributed by atoms with van der Waals surface area (Å²) in [5, 5.41) is 2.73. The second-order valence-corrected chi connectivity index (χ2v) is 12.1. The Hall–Kier alpha value is -2.12. The van der Waals surface area contributed by atoms with E-state index in [2.05, 4.69) is 10.1 Å². The van der Waals surface area contributed by atoms with Crippen LogP contribution in [0.2, 0.25) is 0 Å². The van der Waals surface area contributed by atoms with Crippen molar-refractivity contribution in [1.29, 1.82) is 0 Å². The zero-order chi connectivity index (χ0) is 29.0. The molecule has 0 unspecified atom stereocenters. The molecule has 0 aromatic rings. The van der Waals surface area contributed by atoms with Gasteiger partial charge in [0.05, 0.1) is 7.11 Å². The van der Waals surface area contributed by atoms with E-state index in [1.165, 1.54) is 45.6 Å². The number of hydrogen-bond acceptors (Lipinski definition) is 7. The van der Waals surface area contributed by atoms with Gasteiger partial charge in [-0.25, -0.2) is 4.79 Å². The highest BCUT2D eigenvalue weighted by Gasteiger charge is 2.27. The van der Waals surface area contributed by atoms with Crippen LogP contribution in [-0.2, 0) is 33.4 Å². The van der Waals surface area contributed by atoms with E-state index >= 15 is 0 Å². The van der Waals surface area contributed by atoms with Crippen molar-refractivity contribution in [3.05, 3.63) is 0 Å². The van der Waals surface area contributed by atoms with Crippen molar-refractivity contribution >= 4 is 23.8 Å². The predicted octanol–water partition coefficient (Wildman–Crippen LogP) is 6.57. The summed E-state index contributed by atoms with van der Waals surface area (Å²) in [6.45, 7) is 11.0. The molecule has 1 amide bonds. The molecule has 1 atom stereocenters. The van der Waals surface area contributed by atoms with Crippen molar-refractivity contribution < 1.29 is 33.4 Å². The lowest BCUT2D eigenvalue weighted by atomic mass is 10.0. The van der Waals surface area contributed by atoms with E-state index in [4.69, 9.17) is 9.47 Å². The van der Waals surface area contributed by atoms with Gasteiger partial charge in [0.25, 0.3) is 0 Å². The summed E-state index contributed by atoms with van der Waals surface area (Å²) >= 11 is 0. The van der Waals surface area contributed by atoms with Crippen LogP contribution in [0.25, 0.3) is 0 Å². The van der Waals surface area contributed by atoms with Crippen LogP contribution in [0.4, 0.5) is 0 Å². The number of carbonyl (C=O) groups is 4. The molecule has 0 rings (SSSR count). The molecule has 0 spiro atoms. The van der Waals surface area contributed by atoms with Gasteiger partial charge in [0.2, 0.25) is 5.91 Å². The maximum atomic E-state index is 12.4. The Morgan fingerprint density at radius 1 is 0.579 bits per heavy atom. The number of ether oxygens (including phenoxy) is 3. The fourth-order valence-electron chi connectivity index (χ4n) is 3.97. The van der Waals surface area contributed by atoms with Crippen molar-refractivity contribution in [2.45, 2.75) is 162 Å². The standard InChI is InChI=1S/C30H55NO7/c1-29(2,3)37-27(34)21-19-17-15-13-11-9-8-10-12-14-16-18-20-25(32)31-24(22-23-26(33)36-7)28(35)38-30(4,5)6/h24H,8-23H2,1-7H3,(H,31,32)/t24-/m0/s1. The van der Waals surface area contributed by atoms with Crippen LogP contribution in [0, 0.1) is 0 Å². The fourth-order valence-corrected chi connectivity index (χ4v) is 3.97. The molecule has 0 saturated carbocycles. The lowest BCUT2D eigenvalue weighted by Crippen LogP contribution is -2.44. The van der Waals surface area contributed by atoms with Crippen LogP contribution in [0.15, 0.2) is 0 Å². The van der Waals surface area contributed by atoms with Gasteiger partial charge >= 0.3 is 17.9 Å². The number of methoxy groups -OCH3 is 1. The highest BCUT2D eigenvalue weighted by atomic mass is 16.6. The summed E-state index contributed by atoms with van der Waals surface area (Å²) in [5.41, 5.74) is -1.07. The van der Waals surface area contributed by atoms with Crippen molar-refractivity contribution in [2.75, 3.05) is 7.11 Å². The lowest BCUT2D eigenvalue weighted by Gasteiger charge is -2.24. The topological polar surface area (TPSA) is 108 Å². The monoisotopic (exact) mass is 541 g/mol. The van der Waals surface area contributed by atoms with Crippen molar-refractivity contribution in [3.63, 3.8) is 0 Å². The molecule has 0 aliphatic carbocycles. The lowest BCUT2D eigenvalue weighted by molar-refractivity contribution is -0.159. The minimum atomic E-state index is -0.856. The van der Waals surface area contributed by atoms with Crippen molar-refractivity contribution in [1.82, 2.24) is 5.32 Å². The molecule has 38 heavy (non-hydrogen) atoms. The van der Waals surface area contributed by atoms with Crippen LogP contribution in [0.5, 0.6) is 0 Å². The number of rotatable bonds is 20. The minimum Gasteiger partial charge on any atom is -0.469 e. The molecule has 0 aromatic heterocycles. The summed E-state index contributed by atoms with van der Waals surface area (Å²) < 4.78 is 15.4. The first-order valence-electron chi connectivity index (χ1n) is 14.5. The van der Waals surface area contributed by atoms with Gasteiger partial charge < -0.3 is 19.5 Å². The van der Waals surface area contributed by atoms with E-state index in [1.54, 1.807) is 20.8 Å². The summed E-state index contributed by atoms with van der Waals surface area (Å²) in [5.74, 6) is -1.26. The SMILES string of the molecule is COC(=O)CC[C@H](NC(=O)CCCCCCCCCCCCCCC(=O)OC(C)(C)C)C(=O)OC(C)(C)C. The van der Waals surface area contributed by atoms with Gasteiger partial charge in [-0.1, -0.05) is 64.2 Å². The van der Waals surface area contributed by atoms with E-state index in [1.807, 2.05) is 20.8 Å². The zero-order valence-corrected chi connectivity index (χ0v) is 25.2. The van der Waals surface area contributed by atoms with E-state index in [0.29, 0.717) is 12.8 Å². The molecule has 0 fully saturated rings. The maximum absolute atomic E-state index is 12.4. The smallest absolute Gasteiger partial charge is 0.329 e. The van der Waals surface area contributed by atoms with Gasteiger partial charge in [0.15, 0.2) is 0 Å². The summed E-state index contributed by atoms with van der Waals surface area (Å²) in [4.78, 5) is 48.0. The number of unbranched alkanes of at least 4 members (excludes halogenated alkanes) is 11. The summed E-state index contributed by atoms with van der Waals surface area (Å²) in [7, 11) is 1.29. The van der Waals surface area contributed by atoms with Gasteiger partial charge in [-0.15, -0.1) is 0 Å². The number of nitrogens with one attached hydrogen (secondary N) is 1. The first-order valence-corrected chi connectivity index (χ1v) is 14.5. The molecule has 8 heteroatoms. The molecule has 0 saturated heterocycles. The number of esters is 3. The second-order valence-electron chi connectivity index (χ2n) is 12.1. The minimum absolute atomic E-state index is 0.0365. The maximum Gasteiger partial charge on any atom is 0.329 e. The third kappa shape index (κ3) is 23.0. The largest absolute Gasteiger partial charge is 0.469 e. The molecule has 8 nitrogen and oxygen atoms in total. The molecule has 1 N–H and O–H groups in total. The van der Waals surface area contributed by atoms with Crippen LogP contribution in [0.3, 0.4) is 0 Å². The van der Waals surface area contributed by atoms with E-state index in [9.17, 15) is 19.2 Å². The molecule has 0 heterocycles. The fraction of sp³-hybridized carbons (Fsp3) is 0.867. The Morgan fingerprint density at radius 3 is 1.42 bits per heavy atom. The molecule has 0 bridgehead atoms. The average molecular weight is 542 g/mol. The highest BCUT2D eigenvalue weighted by Crippen LogP contribution is 2.15. The predicted molar refractivity (Wildman–Crippen MR) is 150 cm³/mol. The van der Waals surface area contributed by atoms with Gasteiger partial charge in [0.1, 0.15) is 17.2 Å². The Morgan fingerprint density at radius 2 is 1.00 bits per heavy atom. The Balaban J connectivity index is 3.84. The van der Waals surface area contributed by atoms with Gasteiger partial charge in [-0.3, -0.25) is 14.4 Å². The molecule has 0 aliphatic heterocycles. The Labute approximate surface area is 231 Å². The van der Waals surface area contributed by atoms with Gasteiger partial charge in [-0.05, 0) is 60.8 Å².